The first-order valence-electron chi connectivity index (χ1n) is 8.30. The van der Waals surface area contributed by atoms with E-state index in [0.29, 0.717) is 6.04 Å². The van der Waals surface area contributed by atoms with Gasteiger partial charge in [-0.15, -0.1) is 11.3 Å². The third kappa shape index (κ3) is 4.62. The first-order chi connectivity index (χ1) is 11.5. The normalized spacial score (nSPS) is 21.7. The van der Waals surface area contributed by atoms with Gasteiger partial charge in [0.25, 0.3) is 0 Å². The molecule has 0 saturated heterocycles. The van der Waals surface area contributed by atoms with Gasteiger partial charge in [-0.2, -0.15) is 0 Å². The van der Waals surface area contributed by atoms with Crippen molar-refractivity contribution in [3.05, 3.63) is 34.8 Å². The Kier molecular flexibility index (Phi) is 5.63. The summed E-state index contributed by atoms with van der Waals surface area (Å²) in [7, 11) is -2.92. The summed E-state index contributed by atoms with van der Waals surface area (Å²) in [5.41, 5.74) is 1.82. The van der Waals surface area contributed by atoms with Crippen LogP contribution >= 0.6 is 11.3 Å². The lowest BCUT2D eigenvalue weighted by Crippen LogP contribution is -2.39. The van der Waals surface area contributed by atoms with Crippen LogP contribution in [0.2, 0.25) is 0 Å². The molecule has 0 unspecified atom stereocenters. The number of thiazole rings is 1. The molecule has 0 amide bonds. The first-order valence-corrected chi connectivity index (χ1v) is 11.1. The summed E-state index contributed by atoms with van der Waals surface area (Å²) in [4.78, 5) is 8.96. The average molecular weight is 366 g/mol. The summed E-state index contributed by atoms with van der Waals surface area (Å²) in [6, 6.07) is 6.12. The zero-order chi connectivity index (χ0) is 17.0. The van der Waals surface area contributed by atoms with Crippen LogP contribution < -0.4 is 5.32 Å². The van der Waals surface area contributed by atoms with Gasteiger partial charge in [-0.25, -0.2) is 13.4 Å². The molecule has 0 aliphatic heterocycles. The molecule has 2 atom stereocenters. The molecule has 2 aromatic rings. The molecule has 0 radical (unpaired) electrons. The molecule has 0 bridgehead atoms. The van der Waals surface area contributed by atoms with E-state index < -0.39 is 9.84 Å². The Morgan fingerprint density at radius 1 is 1.29 bits per heavy atom. The van der Waals surface area contributed by atoms with Crippen LogP contribution in [0.3, 0.4) is 0 Å². The Hall–Kier alpha value is -1.31. The van der Waals surface area contributed by atoms with Crippen molar-refractivity contribution in [2.75, 3.05) is 12.8 Å². The van der Waals surface area contributed by atoms with Crippen LogP contribution in [0.5, 0.6) is 0 Å². The molecule has 3 rings (SSSR count). The van der Waals surface area contributed by atoms with Crippen LogP contribution in [0, 0.1) is 0 Å². The second-order valence-corrected chi connectivity index (χ2v) is 9.63. The zero-order valence-corrected chi connectivity index (χ0v) is 15.4. The fourth-order valence-electron chi connectivity index (χ4n) is 3.16. The molecule has 2 heterocycles. The third-order valence-corrected chi connectivity index (χ3v) is 7.03. The standard InChI is InChI=1S/C17H23N3O2S2/c1-24(21,22)14-6-4-5-13(11-14)18-10-8-17-20-16(12-23-17)15-7-2-3-9-19-15/h2-3,7,9,12-14,18H,4-6,8,10-11H2,1H3/t13-,14-/m0/s1. The molecule has 5 nitrogen and oxygen atoms in total. The second-order valence-electron chi connectivity index (χ2n) is 6.36. The fourth-order valence-corrected chi connectivity index (χ4v) is 5.13. The Balaban J connectivity index is 1.49. The van der Waals surface area contributed by atoms with Crippen LogP contribution in [-0.4, -0.2) is 42.5 Å². The molecule has 1 aliphatic rings. The van der Waals surface area contributed by atoms with Crippen molar-refractivity contribution in [3.8, 4) is 11.4 Å². The molecular formula is C17H23N3O2S2. The highest BCUT2D eigenvalue weighted by Gasteiger charge is 2.28. The largest absolute Gasteiger partial charge is 0.314 e. The molecule has 1 fully saturated rings. The molecule has 0 spiro atoms. The molecule has 1 aliphatic carbocycles. The average Bonchev–Trinajstić information content (AvgIpc) is 3.04. The molecule has 7 heteroatoms. The van der Waals surface area contributed by atoms with Crippen molar-refractivity contribution in [1.82, 2.24) is 15.3 Å². The quantitative estimate of drug-likeness (QED) is 0.852. The van der Waals surface area contributed by atoms with E-state index in [2.05, 4.69) is 15.3 Å². The Morgan fingerprint density at radius 2 is 2.17 bits per heavy atom. The van der Waals surface area contributed by atoms with Crippen LogP contribution in [0.25, 0.3) is 11.4 Å². The lowest BCUT2D eigenvalue weighted by Gasteiger charge is -2.28. The molecule has 1 N–H and O–H groups in total. The van der Waals surface area contributed by atoms with Crippen molar-refractivity contribution in [1.29, 1.82) is 0 Å². The van der Waals surface area contributed by atoms with Crippen LogP contribution in [0.15, 0.2) is 29.8 Å². The van der Waals surface area contributed by atoms with E-state index in [1.165, 1.54) is 6.26 Å². The van der Waals surface area contributed by atoms with Crippen LogP contribution in [-0.2, 0) is 16.3 Å². The number of aromatic nitrogens is 2. The van der Waals surface area contributed by atoms with E-state index in [1.54, 1.807) is 17.5 Å². The van der Waals surface area contributed by atoms with Gasteiger partial charge >= 0.3 is 0 Å². The lowest BCUT2D eigenvalue weighted by atomic mass is 9.95. The van der Waals surface area contributed by atoms with Gasteiger partial charge < -0.3 is 5.32 Å². The summed E-state index contributed by atoms with van der Waals surface area (Å²) in [6.45, 7) is 0.830. The SMILES string of the molecule is CS(=O)(=O)[C@H]1CCC[C@H](NCCc2nc(-c3ccccn3)cs2)C1. The molecular weight excluding hydrogens is 342 g/mol. The van der Waals surface area contributed by atoms with Gasteiger partial charge in [-0.1, -0.05) is 12.5 Å². The fraction of sp³-hybridized carbons (Fsp3) is 0.529. The lowest BCUT2D eigenvalue weighted by molar-refractivity contribution is 0.374. The molecule has 0 aromatic carbocycles. The number of pyridine rings is 1. The minimum absolute atomic E-state index is 0.181. The summed E-state index contributed by atoms with van der Waals surface area (Å²) in [5.74, 6) is 0. The van der Waals surface area contributed by atoms with Gasteiger partial charge in [0.05, 0.1) is 21.6 Å². The first kappa shape index (κ1) is 17.5. The van der Waals surface area contributed by atoms with Gasteiger partial charge in [0.15, 0.2) is 0 Å². The monoisotopic (exact) mass is 365 g/mol. The number of rotatable bonds is 6. The number of hydrogen-bond acceptors (Lipinski definition) is 6. The smallest absolute Gasteiger partial charge is 0.150 e. The third-order valence-electron chi connectivity index (χ3n) is 4.48. The van der Waals surface area contributed by atoms with Gasteiger partial charge in [-0.05, 0) is 31.4 Å². The second kappa shape index (κ2) is 7.72. The number of sulfone groups is 1. The molecule has 1 saturated carbocycles. The topological polar surface area (TPSA) is 72.0 Å². The summed E-state index contributed by atoms with van der Waals surface area (Å²) >= 11 is 1.65. The van der Waals surface area contributed by atoms with Crippen LogP contribution in [0.4, 0.5) is 0 Å². The highest BCUT2D eigenvalue weighted by Crippen LogP contribution is 2.24. The van der Waals surface area contributed by atoms with Crippen molar-refractivity contribution in [3.63, 3.8) is 0 Å². The summed E-state index contributed by atoms with van der Waals surface area (Å²) in [5, 5.41) is 6.45. The predicted octanol–water partition coefficient (Wildman–Crippen LogP) is 2.69. The minimum atomic E-state index is -2.92. The van der Waals surface area contributed by atoms with Gasteiger partial charge in [0.1, 0.15) is 9.84 Å². The van der Waals surface area contributed by atoms with Crippen molar-refractivity contribution < 1.29 is 8.42 Å². The van der Waals surface area contributed by atoms with E-state index in [1.807, 2.05) is 23.6 Å². The molecule has 130 valence electrons. The van der Waals surface area contributed by atoms with Crippen molar-refractivity contribution >= 4 is 21.2 Å². The number of nitrogens with zero attached hydrogens (tertiary/aromatic N) is 2. The maximum absolute atomic E-state index is 11.7. The van der Waals surface area contributed by atoms with E-state index in [-0.39, 0.29) is 5.25 Å². The zero-order valence-electron chi connectivity index (χ0n) is 13.8. The van der Waals surface area contributed by atoms with Gasteiger partial charge in [-0.3, -0.25) is 4.98 Å². The highest BCUT2D eigenvalue weighted by molar-refractivity contribution is 7.91. The van der Waals surface area contributed by atoms with Crippen LogP contribution in [0.1, 0.15) is 30.7 Å². The Bertz CT molecular complexity index is 759. The predicted molar refractivity (Wildman–Crippen MR) is 97.9 cm³/mol. The maximum Gasteiger partial charge on any atom is 0.150 e. The molecule has 24 heavy (non-hydrogen) atoms. The van der Waals surface area contributed by atoms with E-state index in [0.717, 1.165) is 55.0 Å². The van der Waals surface area contributed by atoms with E-state index in [9.17, 15) is 8.42 Å². The Morgan fingerprint density at radius 3 is 2.92 bits per heavy atom. The van der Waals surface area contributed by atoms with Crippen molar-refractivity contribution in [2.45, 2.75) is 43.4 Å². The number of nitrogens with one attached hydrogen (secondary N) is 1. The minimum Gasteiger partial charge on any atom is -0.314 e. The van der Waals surface area contributed by atoms with Gasteiger partial charge in [0.2, 0.25) is 0 Å². The summed E-state index contributed by atoms with van der Waals surface area (Å²) in [6.07, 6.45) is 7.57. The number of hydrogen-bond donors (Lipinski definition) is 1. The van der Waals surface area contributed by atoms with E-state index >= 15 is 0 Å². The maximum atomic E-state index is 11.7. The highest BCUT2D eigenvalue weighted by atomic mass is 32.2. The molecule has 2 aromatic heterocycles. The van der Waals surface area contributed by atoms with Gasteiger partial charge in [0, 0.05) is 36.8 Å². The summed E-state index contributed by atoms with van der Waals surface area (Å²) < 4.78 is 23.4. The van der Waals surface area contributed by atoms with E-state index in [4.69, 9.17) is 0 Å². The Labute approximate surface area is 147 Å². The van der Waals surface area contributed by atoms with Crippen molar-refractivity contribution in [2.24, 2.45) is 0 Å².